The molecule has 0 aliphatic carbocycles. The Labute approximate surface area is 101 Å². The molecule has 90 valence electrons. The Morgan fingerprint density at radius 1 is 1.65 bits per heavy atom. The van der Waals surface area contributed by atoms with Crippen molar-refractivity contribution in [3.05, 3.63) is 27.4 Å². The first kappa shape index (κ1) is 11.6. The van der Waals surface area contributed by atoms with Gasteiger partial charge in [0.2, 0.25) is 5.82 Å². The molecule has 17 heavy (non-hydrogen) atoms. The van der Waals surface area contributed by atoms with Gasteiger partial charge in [-0.15, -0.1) is 0 Å². The van der Waals surface area contributed by atoms with E-state index in [4.69, 9.17) is 16.7 Å². The number of anilines is 1. The standard InChI is InChI=1S/C9H8ClN3O4/c10-6-1-7(13(16)17)8(11-2-6)12-3-5(4-12)9(14)15/h1-2,5H,3-4H2,(H,14,15). The maximum Gasteiger partial charge on any atom is 0.313 e. The number of rotatable bonds is 3. The van der Waals surface area contributed by atoms with Gasteiger partial charge in [0.25, 0.3) is 0 Å². The van der Waals surface area contributed by atoms with E-state index >= 15 is 0 Å². The molecule has 0 bridgehead atoms. The number of halogens is 1. The zero-order chi connectivity index (χ0) is 12.6. The lowest BCUT2D eigenvalue weighted by molar-refractivity contribution is -0.384. The number of hydrogen-bond donors (Lipinski definition) is 1. The summed E-state index contributed by atoms with van der Waals surface area (Å²) in [5.41, 5.74) is -0.207. The molecule has 1 aliphatic rings. The van der Waals surface area contributed by atoms with E-state index in [1.807, 2.05) is 0 Å². The molecule has 0 unspecified atom stereocenters. The molecule has 2 rings (SSSR count). The summed E-state index contributed by atoms with van der Waals surface area (Å²) in [5, 5.41) is 19.7. The second kappa shape index (κ2) is 4.17. The van der Waals surface area contributed by atoms with E-state index in [0.717, 1.165) is 0 Å². The van der Waals surface area contributed by atoms with E-state index in [1.165, 1.54) is 12.3 Å². The third kappa shape index (κ3) is 2.14. The zero-order valence-electron chi connectivity index (χ0n) is 8.54. The number of nitrogens with zero attached hydrogens (tertiary/aromatic N) is 3. The van der Waals surface area contributed by atoms with E-state index in [2.05, 4.69) is 4.98 Å². The zero-order valence-corrected chi connectivity index (χ0v) is 9.29. The summed E-state index contributed by atoms with van der Waals surface area (Å²) >= 11 is 5.63. The van der Waals surface area contributed by atoms with Crippen LogP contribution in [0.1, 0.15) is 0 Å². The summed E-state index contributed by atoms with van der Waals surface area (Å²) in [6, 6.07) is 1.21. The quantitative estimate of drug-likeness (QED) is 0.645. The predicted molar refractivity (Wildman–Crippen MR) is 59.2 cm³/mol. The molecule has 2 heterocycles. The van der Waals surface area contributed by atoms with Gasteiger partial charge in [-0.3, -0.25) is 14.9 Å². The average molecular weight is 258 g/mol. The van der Waals surface area contributed by atoms with Gasteiger partial charge in [0, 0.05) is 25.4 Å². The summed E-state index contributed by atoms with van der Waals surface area (Å²) < 4.78 is 0. The lowest BCUT2D eigenvalue weighted by Gasteiger charge is -2.36. The SMILES string of the molecule is O=C(O)C1CN(c2ncc(Cl)cc2[N+](=O)[O-])C1. The Kier molecular flexibility index (Phi) is 2.84. The van der Waals surface area contributed by atoms with Crippen molar-refractivity contribution in [2.24, 2.45) is 5.92 Å². The summed E-state index contributed by atoms with van der Waals surface area (Å²) in [6.07, 6.45) is 1.30. The van der Waals surface area contributed by atoms with Gasteiger partial charge in [0.15, 0.2) is 0 Å². The Balaban J connectivity index is 2.23. The lowest BCUT2D eigenvalue weighted by Crippen LogP contribution is -2.51. The van der Waals surface area contributed by atoms with Gasteiger partial charge in [-0.25, -0.2) is 4.98 Å². The molecule has 1 fully saturated rings. The van der Waals surface area contributed by atoms with Crippen LogP contribution in [0.5, 0.6) is 0 Å². The molecule has 0 amide bonds. The van der Waals surface area contributed by atoms with Crippen LogP contribution >= 0.6 is 11.6 Å². The van der Waals surface area contributed by atoms with Gasteiger partial charge in [-0.2, -0.15) is 0 Å². The molecular formula is C9H8ClN3O4. The van der Waals surface area contributed by atoms with Gasteiger partial charge >= 0.3 is 11.7 Å². The largest absolute Gasteiger partial charge is 0.481 e. The molecule has 1 N–H and O–H groups in total. The molecule has 0 radical (unpaired) electrons. The Bertz CT molecular complexity index is 487. The van der Waals surface area contributed by atoms with Crippen molar-refractivity contribution >= 4 is 29.1 Å². The van der Waals surface area contributed by atoms with Crippen molar-refractivity contribution in [3.63, 3.8) is 0 Å². The van der Waals surface area contributed by atoms with Crippen LogP contribution in [0.3, 0.4) is 0 Å². The summed E-state index contributed by atoms with van der Waals surface area (Å²) in [5.74, 6) is -1.23. The number of aromatic nitrogens is 1. The third-order valence-corrected chi connectivity index (χ3v) is 2.75. The van der Waals surface area contributed by atoms with Crippen LogP contribution in [0.4, 0.5) is 11.5 Å². The number of nitro groups is 1. The maximum absolute atomic E-state index is 10.8. The summed E-state index contributed by atoms with van der Waals surface area (Å²) in [4.78, 5) is 26.3. The number of aliphatic carboxylic acids is 1. The molecule has 1 saturated heterocycles. The molecule has 1 aromatic heterocycles. The molecule has 8 heteroatoms. The summed E-state index contributed by atoms with van der Waals surface area (Å²) in [6.45, 7) is 0.454. The van der Waals surface area contributed by atoms with Gasteiger partial charge in [-0.05, 0) is 0 Å². The molecule has 0 aromatic carbocycles. The van der Waals surface area contributed by atoms with Gasteiger partial charge in [0.05, 0.1) is 15.9 Å². The fraction of sp³-hybridized carbons (Fsp3) is 0.333. The van der Waals surface area contributed by atoms with Crippen molar-refractivity contribution in [3.8, 4) is 0 Å². The number of carboxylic acids is 1. The molecule has 7 nitrogen and oxygen atoms in total. The van der Waals surface area contributed by atoms with Crippen molar-refractivity contribution in [1.29, 1.82) is 0 Å². The molecule has 0 spiro atoms. The minimum atomic E-state index is -0.905. The van der Waals surface area contributed by atoms with Crippen LogP contribution in [-0.2, 0) is 4.79 Å². The van der Waals surface area contributed by atoms with Crippen LogP contribution in [-0.4, -0.2) is 34.1 Å². The van der Waals surface area contributed by atoms with E-state index in [0.29, 0.717) is 0 Å². The minimum absolute atomic E-state index is 0.164. The number of carboxylic acid groups (broad SMARTS) is 1. The molecule has 1 aromatic rings. The van der Waals surface area contributed by atoms with Gasteiger partial charge in [-0.1, -0.05) is 11.6 Å². The fourth-order valence-corrected chi connectivity index (χ4v) is 1.76. The van der Waals surface area contributed by atoms with E-state index in [1.54, 1.807) is 4.90 Å². The fourth-order valence-electron chi connectivity index (χ4n) is 1.61. The van der Waals surface area contributed by atoms with Crippen molar-refractivity contribution in [2.45, 2.75) is 0 Å². The van der Waals surface area contributed by atoms with Crippen molar-refractivity contribution < 1.29 is 14.8 Å². The molecule has 0 atom stereocenters. The van der Waals surface area contributed by atoms with Crippen LogP contribution in [0.15, 0.2) is 12.3 Å². The van der Waals surface area contributed by atoms with Crippen molar-refractivity contribution in [2.75, 3.05) is 18.0 Å². The third-order valence-electron chi connectivity index (χ3n) is 2.54. The highest BCUT2D eigenvalue weighted by atomic mass is 35.5. The van der Waals surface area contributed by atoms with Gasteiger partial charge < -0.3 is 10.0 Å². The topological polar surface area (TPSA) is 96.6 Å². The van der Waals surface area contributed by atoms with Crippen LogP contribution in [0.25, 0.3) is 0 Å². The van der Waals surface area contributed by atoms with E-state index < -0.39 is 16.8 Å². The number of hydrogen-bond acceptors (Lipinski definition) is 5. The first-order valence-electron chi connectivity index (χ1n) is 4.76. The normalized spacial score (nSPS) is 15.5. The minimum Gasteiger partial charge on any atom is -0.481 e. The highest BCUT2D eigenvalue weighted by Crippen LogP contribution is 2.32. The monoisotopic (exact) mass is 257 g/mol. The highest BCUT2D eigenvalue weighted by molar-refractivity contribution is 6.30. The Hall–Kier alpha value is -1.89. The first-order valence-corrected chi connectivity index (χ1v) is 5.14. The van der Waals surface area contributed by atoms with E-state index in [9.17, 15) is 14.9 Å². The smallest absolute Gasteiger partial charge is 0.313 e. The molecular weight excluding hydrogens is 250 g/mol. The highest BCUT2D eigenvalue weighted by Gasteiger charge is 2.36. The second-order valence-corrected chi connectivity index (χ2v) is 4.13. The number of carbonyl (C=O) groups is 1. The average Bonchev–Trinajstić information content (AvgIpc) is 2.16. The maximum atomic E-state index is 10.8. The lowest BCUT2D eigenvalue weighted by atomic mass is 10.0. The second-order valence-electron chi connectivity index (χ2n) is 3.69. The molecule has 0 saturated carbocycles. The molecule has 1 aliphatic heterocycles. The first-order chi connectivity index (χ1) is 7.99. The number of pyridine rings is 1. The van der Waals surface area contributed by atoms with Crippen LogP contribution < -0.4 is 4.90 Å². The van der Waals surface area contributed by atoms with E-state index in [-0.39, 0.29) is 29.6 Å². The summed E-state index contributed by atoms with van der Waals surface area (Å²) in [7, 11) is 0. The Morgan fingerprint density at radius 3 is 2.82 bits per heavy atom. The van der Waals surface area contributed by atoms with Crippen LogP contribution in [0, 0.1) is 16.0 Å². The van der Waals surface area contributed by atoms with Crippen molar-refractivity contribution in [1.82, 2.24) is 4.98 Å². The van der Waals surface area contributed by atoms with Gasteiger partial charge in [0.1, 0.15) is 0 Å². The predicted octanol–water partition coefficient (Wildman–Crippen LogP) is 1.16. The Morgan fingerprint density at radius 2 is 2.29 bits per heavy atom. The van der Waals surface area contributed by atoms with Crippen LogP contribution in [0.2, 0.25) is 5.02 Å².